The maximum atomic E-state index is 6.09. The number of pyridine rings is 2. The lowest BCUT2D eigenvalue weighted by molar-refractivity contribution is 0.0879. The minimum atomic E-state index is -1.13. The fourth-order valence-electron chi connectivity index (χ4n) is 3.54. The van der Waals surface area contributed by atoms with Gasteiger partial charge in [0.2, 0.25) is 0 Å². The Morgan fingerprint density at radius 3 is 2.76 bits per heavy atom. The lowest BCUT2D eigenvalue weighted by Crippen LogP contribution is -2.22. The Hall–Kier alpha value is -2.71. The number of nitrogens with zero attached hydrogens (tertiary/aromatic N) is 4. The van der Waals surface area contributed by atoms with Crippen molar-refractivity contribution in [3.05, 3.63) is 42.4 Å². The zero-order valence-electron chi connectivity index (χ0n) is 17.2. The summed E-state index contributed by atoms with van der Waals surface area (Å²) < 4.78 is 8.27. The summed E-state index contributed by atoms with van der Waals surface area (Å²) in [5.74, 6) is 0.703. The lowest BCUT2D eigenvalue weighted by Gasteiger charge is -2.17. The molecule has 1 atom stereocenters. The molecule has 0 spiro atoms. The molecule has 0 aromatic carbocycles. The van der Waals surface area contributed by atoms with E-state index in [1.807, 2.05) is 30.6 Å². The molecule has 1 aliphatic rings. The summed E-state index contributed by atoms with van der Waals surface area (Å²) >= 11 is 0. The second-order valence-electron chi connectivity index (χ2n) is 8.66. The van der Waals surface area contributed by atoms with E-state index in [2.05, 4.69) is 50.8 Å². The van der Waals surface area contributed by atoms with Gasteiger partial charge in [-0.2, -0.15) is 5.10 Å². The molecule has 4 rings (SSSR count). The molecule has 1 aliphatic heterocycles. The topological polar surface area (TPSA) is 90.3 Å². The van der Waals surface area contributed by atoms with E-state index in [4.69, 9.17) is 10.5 Å². The van der Waals surface area contributed by atoms with Gasteiger partial charge in [0.05, 0.1) is 5.92 Å². The molecule has 4 heterocycles. The first-order valence-electron chi connectivity index (χ1n) is 9.96. The summed E-state index contributed by atoms with van der Waals surface area (Å²) in [6.07, 6.45) is 5.54. The number of hydrazone groups is 1. The summed E-state index contributed by atoms with van der Waals surface area (Å²) in [5, 5.41) is 5.29. The predicted molar refractivity (Wildman–Crippen MR) is 121 cm³/mol. The van der Waals surface area contributed by atoms with Gasteiger partial charge in [-0.3, -0.25) is 0 Å². The van der Waals surface area contributed by atoms with Gasteiger partial charge in [0.15, 0.2) is 0 Å². The molecule has 3 N–H and O–H groups in total. The summed E-state index contributed by atoms with van der Waals surface area (Å²) in [5.41, 5.74) is 13.2. The van der Waals surface area contributed by atoms with Crippen LogP contribution in [0.15, 0.2) is 41.8 Å². The molecule has 3 aromatic heterocycles. The Bertz CT molecular complexity index is 1040. The van der Waals surface area contributed by atoms with Gasteiger partial charge in [-0.15, -0.1) is 0 Å². The molecule has 0 saturated heterocycles. The van der Waals surface area contributed by atoms with Crippen LogP contribution in [0.3, 0.4) is 0 Å². The number of hydrogen-bond acceptors (Lipinski definition) is 6. The minimum Gasteiger partial charge on any atom is -0.384 e. The number of nitrogens with one attached hydrogen (secondary N) is 1. The van der Waals surface area contributed by atoms with Crippen LogP contribution < -0.4 is 11.2 Å². The average molecular weight is 409 g/mol. The van der Waals surface area contributed by atoms with E-state index in [1.165, 1.54) is 0 Å². The number of rotatable bonds is 7. The Balaban J connectivity index is 1.73. The lowest BCUT2D eigenvalue weighted by atomic mass is 10.0. The Labute approximate surface area is 172 Å². The first kappa shape index (κ1) is 19.6. The number of aromatic nitrogens is 3. The highest BCUT2D eigenvalue weighted by Crippen LogP contribution is 2.33. The molecule has 3 aromatic rings. The summed E-state index contributed by atoms with van der Waals surface area (Å²) in [7, 11) is -1.13. The van der Waals surface area contributed by atoms with Gasteiger partial charge in [0.1, 0.15) is 18.2 Å². The number of hydrogen-bond donors (Lipinski definition) is 2. The second kappa shape index (κ2) is 7.96. The maximum Gasteiger partial charge on any atom is 0.142 e. The highest BCUT2D eigenvalue weighted by atomic mass is 28.3. The van der Waals surface area contributed by atoms with E-state index in [1.54, 1.807) is 6.20 Å². The molecule has 0 fully saturated rings. The zero-order valence-corrected chi connectivity index (χ0v) is 18.2. The highest BCUT2D eigenvalue weighted by molar-refractivity contribution is 6.76. The van der Waals surface area contributed by atoms with Crippen molar-refractivity contribution in [2.75, 3.05) is 18.9 Å². The molecule has 8 heteroatoms. The van der Waals surface area contributed by atoms with Crippen molar-refractivity contribution < 1.29 is 4.74 Å². The quantitative estimate of drug-likeness (QED) is 0.460. The largest absolute Gasteiger partial charge is 0.384 e. The van der Waals surface area contributed by atoms with E-state index in [9.17, 15) is 0 Å². The number of nitrogen functional groups attached to an aromatic ring is 1. The maximum absolute atomic E-state index is 6.09. The fourth-order valence-corrected chi connectivity index (χ4v) is 4.30. The normalized spacial score (nSPS) is 16.4. The van der Waals surface area contributed by atoms with Gasteiger partial charge >= 0.3 is 0 Å². The van der Waals surface area contributed by atoms with Crippen LogP contribution in [0.5, 0.6) is 0 Å². The van der Waals surface area contributed by atoms with Crippen molar-refractivity contribution in [3.8, 4) is 11.1 Å². The second-order valence-corrected chi connectivity index (χ2v) is 14.3. The van der Waals surface area contributed by atoms with E-state index in [0.29, 0.717) is 12.5 Å². The number of anilines is 1. The van der Waals surface area contributed by atoms with Gasteiger partial charge in [-0.1, -0.05) is 19.6 Å². The third-order valence-electron chi connectivity index (χ3n) is 5.17. The molecule has 0 amide bonds. The Morgan fingerprint density at radius 1 is 1.21 bits per heavy atom. The molecule has 0 aliphatic carbocycles. The molecule has 0 saturated carbocycles. The smallest absolute Gasteiger partial charge is 0.142 e. The van der Waals surface area contributed by atoms with Crippen LogP contribution in [0.4, 0.5) is 5.82 Å². The van der Waals surface area contributed by atoms with Crippen LogP contribution in [-0.4, -0.2) is 42.0 Å². The van der Waals surface area contributed by atoms with Crippen LogP contribution >= 0.6 is 0 Å². The molecule has 152 valence electrons. The van der Waals surface area contributed by atoms with Crippen LogP contribution in [0.1, 0.15) is 11.6 Å². The average Bonchev–Trinajstić information content (AvgIpc) is 3.32. The Kier molecular flexibility index (Phi) is 5.38. The molecule has 29 heavy (non-hydrogen) atoms. The first-order valence-corrected chi connectivity index (χ1v) is 13.7. The predicted octanol–water partition coefficient (Wildman–Crippen LogP) is 3.67. The van der Waals surface area contributed by atoms with Gasteiger partial charge in [-0.25, -0.2) is 9.97 Å². The molecule has 0 bridgehead atoms. The third-order valence-corrected chi connectivity index (χ3v) is 6.88. The SMILES string of the molecule is C[Si](C)(C)CCOCn1c(C2C=NNC2)cc2c(-c3ccnc(N)c3)ccnc21. The molecule has 0 radical (unpaired) electrons. The van der Waals surface area contributed by atoms with Crippen molar-refractivity contribution in [2.45, 2.75) is 38.3 Å². The Morgan fingerprint density at radius 2 is 2.03 bits per heavy atom. The van der Waals surface area contributed by atoms with E-state index >= 15 is 0 Å². The monoisotopic (exact) mass is 408 g/mol. The van der Waals surface area contributed by atoms with E-state index < -0.39 is 8.07 Å². The molecule has 1 unspecified atom stereocenters. The summed E-state index contributed by atoms with van der Waals surface area (Å²) in [4.78, 5) is 8.80. The first-order chi connectivity index (χ1) is 13.9. The van der Waals surface area contributed by atoms with Crippen LogP contribution in [0.2, 0.25) is 25.7 Å². The number of fused-ring (bicyclic) bond motifs is 1. The number of nitrogens with two attached hydrogens (primary N) is 1. The summed E-state index contributed by atoms with van der Waals surface area (Å²) in [6, 6.07) is 9.25. The van der Waals surface area contributed by atoms with Gasteiger partial charge in [0.25, 0.3) is 0 Å². The highest BCUT2D eigenvalue weighted by Gasteiger charge is 2.22. The minimum absolute atomic E-state index is 0.195. The van der Waals surface area contributed by atoms with Crippen molar-refractivity contribution in [1.82, 2.24) is 20.0 Å². The van der Waals surface area contributed by atoms with Crippen molar-refractivity contribution >= 4 is 31.1 Å². The van der Waals surface area contributed by atoms with Crippen LogP contribution in [0, 0.1) is 0 Å². The van der Waals surface area contributed by atoms with Crippen molar-refractivity contribution in [1.29, 1.82) is 0 Å². The van der Waals surface area contributed by atoms with Gasteiger partial charge in [0, 0.05) is 50.9 Å². The standard InChI is InChI=1S/C21H28N6OSi/c1-29(2,3)9-8-28-14-27-19(16-12-25-26-13-16)11-18-17(5-7-24-21(18)27)15-4-6-23-20(22)10-15/h4-7,10-12,16,26H,8-9,13-14H2,1-3H3,(H2,22,23). The van der Waals surface area contributed by atoms with Crippen LogP contribution in [0.25, 0.3) is 22.2 Å². The molecule has 7 nitrogen and oxygen atoms in total. The van der Waals surface area contributed by atoms with Gasteiger partial charge in [-0.05, 0) is 41.4 Å². The van der Waals surface area contributed by atoms with Crippen LogP contribution in [-0.2, 0) is 11.5 Å². The molecular weight excluding hydrogens is 380 g/mol. The number of ether oxygens (including phenoxy) is 1. The summed E-state index contributed by atoms with van der Waals surface area (Å²) in [6.45, 7) is 9.13. The van der Waals surface area contributed by atoms with E-state index in [-0.39, 0.29) is 5.92 Å². The van der Waals surface area contributed by atoms with Crippen molar-refractivity contribution in [3.63, 3.8) is 0 Å². The molecular formula is C21H28N6OSi. The fraction of sp³-hybridized carbons (Fsp3) is 0.381. The van der Waals surface area contributed by atoms with Gasteiger partial charge < -0.3 is 20.5 Å². The zero-order chi connectivity index (χ0) is 20.4. The third kappa shape index (κ3) is 4.33. The van der Waals surface area contributed by atoms with E-state index in [0.717, 1.165) is 47.0 Å². The van der Waals surface area contributed by atoms with Crippen molar-refractivity contribution in [2.24, 2.45) is 5.10 Å².